The van der Waals surface area contributed by atoms with Crippen LogP contribution in [-0.2, 0) is 37.3 Å². The zero-order valence-electron chi connectivity index (χ0n) is 27.7. The van der Waals surface area contributed by atoms with Gasteiger partial charge in [-0.3, -0.25) is 4.98 Å². The van der Waals surface area contributed by atoms with Gasteiger partial charge in [-0.05, 0) is 66.1 Å². The topological polar surface area (TPSA) is 43.1 Å². The van der Waals surface area contributed by atoms with Crippen LogP contribution in [0.2, 0.25) is 0 Å². The van der Waals surface area contributed by atoms with Crippen LogP contribution < -0.4 is 0 Å². The Balaban J connectivity index is 0.00000338. The van der Waals surface area contributed by atoms with E-state index in [0.717, 1.165) is 61.1 Å². The average Bonchev–Trinajstić information content (AvgIpc) is 3.48. The van der Waals surface area contributed by atoms with Gasteiger partial charge < -0.3 is 9.38 Å². The van der Waals surface area contributed by atoms with Gasteiger partial charge in [0.05, 0.1) is 11.0 Å². The van der Waals surface area contributed by atoms with E-state index in [0.29, 0.717) is 0 Å². The molecular formula is C41H38N4Pt. The molecule has 0 N–H and O–H groups in total. The number of imidazole rings is 1. The van der Waals surface area contributed by atoms with Crippen molar-refractivity contribution in [2.24, 2.45) is 5.41 Å². The molecule has 1 aliphatic carbocycles. The molecule has 0 radical (unpaired) electrons. The molecule has 0 spiro atoms. The molecule has 0 unspecified atom stereocenters. The first-order valence-electron chi connectivity index (χ1n) is 15.9. The second-order valence-corrected chi connectivity index (χ2v) is 14.9. The van der Waals surface area contributed by atoms with E-state index in [2.05, 4.69) is 139 Å². The molecule has 46 heavy (non-hydrogen) atoms. The van der Waals surface area contributed by atoms with Gasteiger partial charge in [0.1, 0.15) is 5.65 Å². The van der Waals surface area contributed by atoms with Gasteiger partial charge in [-0.15, -0.1) is 64.5 Å². The summed E-state index contributed by atoms with van der Waals surface area (Å²) in [6, 6.07) is 36.7. The van der Waals surface area contributed by atoms with Crippen LogP contribution in [0.5, 0.6) is 0 Å². The Morgan fingerprint density at radius 1 is 0.696 bits per heavy atom. The Morgan fingerprint density at radius 2 is 1.43 bits per heavy atom. The Kier molecular flexibility index (Phi) is 6.72. The predicted octanol–water partition coefficient (Wildman–Crippen LogP) is 9.77. The van der Waals surface area contributed by atoms with Crippen molar-refractivity contribution in [3.8, 4) is 11.3 Å². The molecule has 1 aliphatic rings. The number of aromatic nitrogens is 4. The van der Waals surface area contributed by atoms with Crippen LogP contribution in [0.1, 0.15) is 77.9 Å². The molecule has 0 amide bonds. The Bertz CT molecular complexity index is 2340. The third-order valence-electron chi connectivity index (χ3n) is 11.7. The van der Waals surface area contributed by atoms with Gasteiger partial charge in [0.15, 0.2) is 0 Å². The maximum absolute atomic E-state index is 5.36. The first kappa shape index (κ1) is 30.8. The third kappa shape index (κ3) is 3.99. The monoisotopic (exact) mass is 781 g/mol. The van der Waals surface area contributed by atoms with Crippen LogP contribution in [0.15, 0.2) is 84.9 Å². The number of hydrogen-bond acceptors (Lipinski definition) is 3. The molecule has 8 rings (SSSR count). The van der Waals surface area contributed by atoms with Gasteiger partial charge in [-0.1, -0.05) is 71.2 Å². The second kappa shape index (κ2) is 10.1. The number of para-hydroxylation sites is 2. The van der Waals surface area contributed by atoms with Crippen molar-refractivity contribution in [1.82, 2.24) is 19.4 Å². The van der Waals surface area contributed by atoms with Crippen molar-refractivity contribution >= 4 is 38.5 Å². The summed E-state index contributed by atoms with van der Waals surface area (Å²) < 4.78 is 2.23. The first-order chi connectivity index (χ1) is 21.3. The molecule has 4 heterocycles. The largest absolute Gasteiger partial charge is 2.00 e. The summed E-state index contributed by atoms with van der Waals surface area (Å²) in [4.78, 5) is 15.6. The van der Waals surface area contributed by atoms with E-state index in [1.807, 2.05) is 18.2 Å². The molecule has 0 fully saturated rings. The van der Waals surface area contributed by atoms with Crippen LogP contribution in [0.3, 0.4) is 0 Å². The minimum absolute atomic E-state index is 0. The second-order valence-electron chi connectivity index (χ2n) is 14.9. The molecule has 3 aromatic carbocycles. The van der Waals surface area contributed by atoms with E-state index in [1.54, 1.807) is 0 Å². The normalized spacial score (nSPS) is 16.6. The van der Waals surface area contributed by atoms with E-state index < -0.39 is 5.41 Å². The van der Waals surface area contributed by atoms with Crippen LogP contribution in [-0.4, -0.2) is 19.4 Å². The van der Waals surface area contributed by atoms with Crippen molar-refractivity contribution < 1.29 is 21.1 Å². The fourth-order valence-electron chi connectivity index (χ4n) is 7.63. The smallest absolute Gasteiger partial charge is 0.307 e. The first-order valence-corrected chi connectivity index (χ1v) is 15.9. The fourth-order valence-corrected chi connectivity index (χ4v) is 7.63. The van der Waals surface area contributed by atoms with Crippen molar-refractivity contribution in [2.75, 3.05) is 0 Å². The summed E-state index contributed by atoms with van der Waals surface area (Å²) in [6.45, 7) is 18.7. The summed E-state index contributed by atoms with van der Waals surface area (Å²) >= 11 is 0. The van der Waals surface area contributed by atoms with Gasteiger partial charge in [-0.2, -0.15) is 0 Å². The van der Waals surface area contributed by atoms with Gasteiger partial charge in [-0.25, -0.2) is 4.98 Å². The zero-order chi connectivity index (χ0) is 31.5. The average molecular weight is 782 g/mol. The molecular weight excluding hydrogens is 744 g/mol. The Labute approximate surface area is 285 Å². The molecule has 4 nitrogen and oxygen atoms in total. The molecule has 5 heteroatoms. The Hall–Kier alpha value is -3.88. The molecule has 4 aromatic heterocycles. The van der Waals surface area contributed by atoms with Crippen LogP contribution in [0.25, 0.3) is 49.7 Å². The van der Waals surface area contributed by atoms with E-state index in [9.17, 15) is 0 Å². The van der Waals surface area contributed by atoms with Gasteiger partial charge in [0, 0.05) is 27.8 Å². The molecule has 0 aliphatic heterocycles. The number of hydrogen-bond donors (Lipinski definition) is 0. The molecule has 0 saturated carbocycles. The summed E-state index contributed by atoms with van der Waals surface area (Å²) in [5, 5.41) is 2.03. The molecule has 0 bridgehead atoms. The SMILES string of the molecule is CC(C)(c1cccc(-c2[c-]cc3c(c2)C(C)(C)C(C)(C)C3(C)C)n1)c1ccc2c(n1)c1[c-]cccc1c1nc3ccccc3n21.[Pt+2]. The van der Waals surface area contributed by atoms with Crippen molar-refractivity contribution in [3.63, 3.8) is 0 Å². The van der Waals surface area contributed by atoms with Gasteiger partial charge in [0.25, 0.3) is 0 Å². The number of nitrogens with zero attached hydrogens (tertiary/aromatic N) is 4. The van der Waals surface area contributed by atoms with Crippen LogP contribution >= 0.6 is 0 Å². The standard InChI is InChI=1S/C41H38N4.Pt/c1-38(2,34-19-13-17-30(42-34)25-20-21-28-29(24-25)40(5,6)41(7,8)39(28,3)4)35-23-22-33-36(44-35)26-14-9-10-15-27(26)37-43-31-16-11-12-18-32(31)45(33)37;/h9-13,15-19,21-24H,1-8H3;/q-2;+2. The summed E-state index contributed by atoms with van der Waals surface area (Å²) in [5.41, 5.74) is 11.3. The van der Waals surface area contributed by atoms with Gasteiger partial charge >= 0.3 is 21.1 Å². The zero-order valence-corrected chi connectivity index (χ0v) is 30.0. The molecule has 232 valence electrons. The molecule has 0 saturated heterocycles. The third-order valence-corrected chi connectivity index (χ3v) is 11.7. The molecule has 0 atom stereocenters. The maximum Gasteiger partial charge on any atom is 2.00 e. The van der Waals surface area contributed by atoms with Crippen molar-refractivity contribution in [3.05, 3.63) is 120 Å². The maximum atomic E-state index is 5.36. The van der Waals surface area contributed by atoms with E-state index in [1.165, 1.54) is 11.1 Å². The van der Waals surface area contributed by atoms with Crippen molar-refractivity contribution in [2.45, 2.75) is 71.6 Å². The Morgan fingerprint density at radius 3 is 2.24 bits per heavy atom. The van der Waals surface area contributed by atoms with E-state index in [-0.39, 0.29) is 37.3 Å². The summed E-state index contributed by atoms with van der Waals surface area (Å²) in [6.07, 6.45) is 0. The van der Waals surface area contributed by atoms with Crippen molar-refractivity contribution in [1.29, 1.82) is 0 Å². The van der Waals surface area contributed by atoms with Crippen LogP contribution in [0.4, 0.5) is 0 Å². The minimum atomic E-state index is -0.447. The summed E-state index contributed by atoms with van der Waals surface area (Å²) in [7, 11) is 0. The fraction of sp³-hybridized carbons (Fsp3) is 0.293. The number of rotatable bonds is 3. The van der Waals surface area contributed by atoms with E-state index in [4.69, 9.17) is 15.0 Å². The predicted molar refractivity (Wildman–Crippen MR) is 185 cm³/mol. The quantitative estimate of drug-likeness (QED) is 0.133. The minimum Gasteiger partial charge on any atom is -0.307 e. The molecule has 7 aromatic rings. The van der Waals surface area contributed by atoms with E-state index >= 15 is 0 Å². The van der Waals surface area contributed by atoms with Crippen LogP contribution in [0, 0.1) is 17.5 Å². The number of benzene rings is 3. The van der Waals surface area contributed by atoms with Gasteiger partial charge in [0.2, 0.25) is 0 Å². The number of fused-ring (bicyclic) bond motifs is 9. The number of pyridine rings is 3. The summed E-state index contributed by atoms with van der Waals surface area (Å²) in [5.74, 6) is 0.